The van der Waals surface area contributed by atoms with Crippen molar-refractivity contribution in [3.63, 3.8) is 0 Å². The van der Waals surface area contributed by atoms with Gasteiger partial charge in [-0.15, -0.1) is 0 Å². The van der Waals surface area contributed by atoms with E-state index in [1.807, 2.05) is 19.1 Å². The highest BCUT2D eigenvalue weighted by Gasteiger charge is 2.11. The number of aryl methyl sites for hydroxylation is 1. The summed E-state index contributed by atoms with van der Waals surface area (Å²) in [6.07, 6.45) is 0. The van der Waals surface area contributed by atoms with Gasteiger partial charge in [-0.2, -0.15) is 0 Å². The molecule has 0 bridgehead atoms. The summed E-state index contributed by atoms with van der Waals surface area (Å²) < 4.78 is 11.6. The second-order valence-corrected chi connectivity index (χ2v) is 7.17. The molecule has 0 fully saturated rings. The monoisotopic (exact) mass is 419 g/mol. The van der Waals surface area contributed by atoms with Crippen molar-refractivity contribution < 1.29 is 19.1 Å². The van der Waals surface area contributed by atoms with Crippen LogP contribution in [0.25, 0.3) is 0 Å². The first-order chi connectivity index (χ1) is 12.3. The molecule has 0 radical (unpaired) electrons. The van der Waals surface area contributed by atoms with Gasteiger partial charge in [-0.3, -0.25) is 4.79 Å². The molecule has 2 rings (SSSR count). The number of rotatable bonds is 7. The van der Waals surface area contributed by atoms with Crippen molar-refractivity contribution in [2.45, 2.75) is 20.8 Å². The average molecular weight is 420 g/mol. The molecular formula is C20H22BrNO4. The van der Waals surface area contributed by atoms with Crippen LogP contribution in [0.1, 0.15) is 29.8 Å². The quantitative estimate of drug-likeness (QED) is 0.666. The number of carbonyl (C=O) groups is 2. The largest absolute Gasteiger partial charge is 0.493 e. The fourth-order valence-corrected chi connectivity index (χ4v) is 2.33. The zero-order valence-corrected chi connectivity index (χ0v) is 16.6. The second-order valence-electron chi connectivity index (χ2n) is 6.32. The third-order valence-corrected chi connectivity index (χ3v) is 4.34. The highest BCUT2D eigenvalue weighted by Crippen LogP contribution is 2.20. The first-order valence-corrected chi connectivity index (χ1v) is 9.10. The topological polar surface area (TPSA) is 64.6 Å². The van der Waals surface area contributed by atoms with Crippen molar-refractivity contribution >= 4 is 33.5 Å². The van der Waals surface area contributed by atoms with E-state index < -0.39 is 11.9 Å². The van der Waals surface area contributed by atoms with Crippen LogP contribution < -0.4 is 10.1 Å². The molecule has 1 amide bonds. The minimum Gasteiger partial charge on any atom is -0.493 e. The van der Waals surface area contributed by atoms with E-state index in [9.17, 15) is 9.59 Å². The summed E-state index contributed by atoms with van der Waals surface area (Å²) in [5.74, 6) is 0.172. The van der Waals surface area contributed by atoms with Crippen molar-refractivity contribution in [2.75, 3.05) is 18.5 Å². The molecule has 2 aromatic carbocycles. The Morgan fingerprint density at radius 2 is 1.81 bits per heavy atom. The van der Waals surface area contributed by atoms with Crippen LogP contribution in [0.3, 0.4) is 0 Å². The van der Waals surface area contributed by atoms with Crippen LogP contribution in [0.2, 0.25) is 0 Å². The molecule has 0 heterocycles. The SMILES string of the molecule is Cc1cc(NC(=O)COC(=O)c2ccc(OCC(C)C)cc2)ccc1Br. The smallest absolute Gasteiger partial charge is 0.338 e. The Labute approximate surface area is 161 Å². The van der Waals surface area contributed by atoms with Gasteiger partial charge in [-0.05, 0) is 60.9 Å². The Morgan fingerprint density at radius 3 is 2.42 bits per heavy atom. The number of anilines is 1. The summed E-state index contributed by atoms with van der Waals surface area (Å²) in [5.41, 5.74) is 2.02. The number of amides is 1. The molecule has 26 heavy (non-hydrogen) atoms. The summed E-state index contributed by atoms with van der Waals surface area (Å²) in [6, 6.07) is 12.1. The number of hydrogen-bond acceptors (Lipinski definition) is 4. The Balaban J connectivity index is 1.83. The molecule has 0 aliphatic carbocycles. The van der Waals surface area contributed by atoms with Crippen molar-refractivity contribution in [1.82, 2.24) is 0 Å². The van der Waals surface area contributed by atoms with Crippen LogP contribution in [0.4, 0.5) is 5.69 Å². The standard InChI is InChI=1S/C20H22BrNO4/c1-13(2)11-25-17-7-4-15(5-8-17)20(24)26-12-19(23)22-16-6-9-18(21)14(3)10-16/h4-10,13H,11-12H2,1-3H3,(H,22,23). The van der Waals surface area contributed by atoms with E-state index in [1.165, 1.54) is 0 Å². The molecule has 0 aliphatic heterocycles. The van der Waals surface area contributed by atoms with E-state index in [-0.39, 0.29) is 6.61 Å². The number of carbonyl (C=O) groups excluding carboxylic acids is 2. The molecule has 0 atom stereocenters. The molecule has 138 valence electrons. The molecule has 0 spiro atoms. The fraction of sp³-hybridized carbons (Fsp3) is 0.300. The molecular weight excluding hydrogens is 398 g/mol. The molecule has 0 aromatic heterocycles. The predicted molar refractivity (Wildman–Crippen MR) is 105 cm³/mol. The summed E-state index contributed by atoms with van der Waals surface area (Å²) in [4.78, 5) is 24.0. The lowest BCUT2D eigenvalue weighted by molar-refractivity contribution is -0.119. The molecule has 1 N–H and O–H groups in total. The maximum atomic E-state index is 12.0. The van der Waals surface area contributed by atoms with Crippen molar-refractivity contribution in [3.05, 3.63) is 58.1 Å². The van der Waals surface area contributed by atoms with Crippen LogP contribution in [0.15, 0.2) is 46.9 Å². The van der Waals surface area contributed by atoms with Crippen LogP contribution in [-0.4, -0.2) is 25.1 Å². The maximum absolute atomic E-state index is 12.0. The Kier molecular flexibility index (Phi) is 7.21. The van der Waals surface area contributed by atoms with E-state index in [4.69, 9.17) is 9.47 Å². The van der Waals surface area contributed by atoms with Gasteiger partial charge in [-0.25, -0.2) is 4.79 Å². The van der Waals surface area contributed by atoms with Gasteiger partial charge in [0.25, 0.3) is 5.91 Å². The van der Waals surface area contributed by atoms with Gasteiger partial charge in [0.2, 0.25) is 0 Å². The molecule has 5 nitrogen and oxygen atoms in total. The van der Waals surface area contributed by atoms with E-state index in [1.54, 1.807) is 30.3 Å². The van der Waals surface area contributed by atoms with Crippen LogP contribution in [-0.2, 0) is 9.53 Å². The van der Waals surface area contributed by atoms with E-state index in [0.29, 0.717) is 29.5 Å². The highest BCUT2D eigenvalue weighted by molar-refractivity contribution is 9.10. The molecule has 0 saturated carbocycles. The van der Waals surface area contributed by atoms with Gasteiger partial charge in [-0.1, -0.05) is 29.8 Å². The fourth-order valence-electron chi connectivity index (χ4n) is 2.08. The summed E-state index contributed by atoms with van der Waals surface area (Å²) in [5, 5.41) is 2.70. The predicted octanol–water partition coefficient (Wildman–Crippen LogP) is 4.59. The minimum atomic E-state index is -0.553. The summed E-state index contributed by atoms with van der Waals surface area (Å²) in [7, 11) is 0. The third kappa shape index (κ3) is 6.19. The highest BCUT2D eigenvalue weighted by atomic mass is 79.9. The van der Waals surface area contributed by atoms with Crippen LogP contribution in [0.5, 0.6) is 5.75 Å². The van der Waals surface area contributed by atoms with Gasteiger partial charge in [0, 0.05) is 10.2 Å². The zero-order valence-electron chi connectivity index (χ0n) is 15.0. The number of esters is 1. The van der Waals surface area contributed by atoms with Crippen molar-refractivity contribution in [2.24, 2.45) is 5.92 Å². The number of nitrogens with one attached hydrogen (secondary N) is 1. The molecule has 0 unspecified atom stereocenters. The summed E-state index contributed by atoms with van der Waals surface area (Å²) in [6.45, 7) is 6.31. The van der Waals surface area contributed by atoms with Crippen molar-refractivity contribution in [1.29, 1.82) is 0 Å². The summed E-state index contributed by atoms with van der Waals surface area (Å²) >= 11 is 3.40. The van der Waals surface area contributed by atoms with Gasteiger partial charge >= 0.3 is 5.97 Å². The van der Waals surface area contributed by atoms with Crippen LogP contribution in [0, 0.1) is 12.8 Å². The number of ether oxygens (including phenoxy) is 2. The lowest BCUT2D eigenvalue weighted by Crippen LogP contribution is -2.21. The zero-order chi connectivity index (χ0) is 19.1. The molecule has 0 aliphatic rings. The molecule has 6 heteroatoms. The van der Waals surface area contributed by atoms with Gasteiger partial charge in [0.15, 0.2) is 6.61 Å². The number of halogens is 1. The van der Waals surface area contributed by atoms with Gasteiger partial charge in [0.1, 0.15) is 5.75 Å². The lowest BCUT2D eigenvalue weighted by atomic mass is 10.2. The Morgan fingerprint density at radius 1 is 1.12 bits per heavy atom. The average Bonchev–Trinajstić information content (AvgIpc) is 2.61. The molecule has 0 saturated heterocycles. The maximum Gasteiger partial charge on any atom is 0.338 e. The normalized spacial score (nSPS) is 10.5. The Bertz CT molecular complexity index is 772. The number of hydrogen-bond donors (Lipinski definition) is 1. The first kappa shape index (κ1) is 20.0. The third-order valence-electron chi connectivity index (χ3n) is 3.45. The van der Waals surface area contributed by atoms with Crippen LogP contribution >= 0.6 is 15.9 Å². The molecule has 2 aromatic rings. The minimum absolute atomic E-state index is 0.348. The first-order valence-electron chi connectivity index (χ1n) is 8.31. The lowest BCUT2D eigenvalue weighted by Gasteiger charge is -2.10. The van der Waals surface area contributed by atoms with E-state index >= 15 is 0 Å². The number of benzene rings is 2. The van der Waals surface area contributed by atoms with Gasteiger partial charge < -0.3 is 14.8 Å². The Hall–Kier alpha value is -2.34. The second kappa shape index (κ2) is 9.38. The van der Waals surface area contributed by atoms with Gasteiger partial charge in [0.05, 0.1) is 12.2 Å². The van der Waals surface area contributed by atoms with E-state index in [2.05, 4.69) is 35.1 Å². The van der Waals surface area contributed by atoms with E-state index in [0.717, 1.165) is 10.0 Å². The van der Waals surface area contributed by atoms with Crippen molar-refractivity contribution in [3.8, 4) is 5.75 Å².